The molecule has 0 aromatic heterocycles. The molecule has 0 aliphatic carbocycles. The molecule has 14 heavy (non-hydrogen) atoms. The summed E-state index contributed by atoms with van der Waals surface area (Å²) in [4.78, 5) is 0. The zero-order valence-corrected chi connectivity index (χ0v) is 9.02. The van der Waals surface area contributed by atoms with Crippen molar-refractivity contribution < 1.29 is 17.1 Å². The average Bonchev–Trinajstić information content (AvgIpc) is 2.24. The van der Waals surface area contributed by atoms with E-state index in [1.54, 1.807) is 0 Å². The Hall–Kier alpha value is -1.04. The maximum Gasteiger partial charge on any atom is 0 e. The number of hydrogen-bond donors (Lipinski definition) is 0. The van der Waals surface area contributed by atoms with Gasteiger partial charge in [0, 0.05) is 17.1 Å². The summed E-state index contributed by atoms with van der Waals surface area (Å²) < 4.78 is 0. The SMILES string of the molecule is [CH3-].[Cu].[c-]1ccccc1.[c-]1ccccc1. The van der Waals surface area contributed by atoms with E-state index in [0.717, 1.165) is 0 Å². The summed E-state index contributed by atoms with van der Waals surface area (Å²) in [7, 11) is 0. The van der Waals surface area contributed by atoms with E-state index in [9.17, 15) is 0 Å². The summed E-state index contributed by atoms with van der Waals surface area (Å²) in [5.74, 6) is 0. The standard InChI is InChI=1S/2C6H5.CH3.Cu/c2*1-2-4-6-5-3-1;;/h2*1-5H;1H3;/q3*-1;. The molecular formula is C13H13Cu-3. The van der Waals surface area contributed by atoms with Crippen LogP contribution in [0.5, 0.6) is 0 Å². The zero-order valence-electron chi connectivity index (χ0n) is 8.08. The first kappa shape index (κ1) is 15.4. The Morgan fingerprint density at radius 1 is 0.500 bits per heavy atom. The van der Waals surface area contributed by atoms with Crippen LogP contribution in [0.15, 0.2) is 60.7 Å². The molecule has 0 nitrogen and oxygen atoms in total. The zero-order chi connectivity index (χ0) is 8.49. The third-order valence-corrected chi connectivity index (χ3v) is 1.21. The molecule has 0 amide bonds. The Kier molecular flexibility index (Phi) is 13.2. The summed E-state index contributed by atoms with van der Waals surface area (Å²) in [5, 5.41) is 0. The van der Waals surface area contributed by atoms with E-state index in [0.29, 0.717) is 0 Å². The van der Waals surface area contributed by atoms with Crippen molar-refractivity contribution in [3.63, 3.8) is 0 Å². The van der Waals surface area contributed by atoms with Gasteiger partial charge in [0.15, 0.2) is 0 Å². The normalized spacial score (nSPS) is 6.86. The molecule has 0 saturated heterocycles. The summed E-state index contributed by atoms with van der Waals surface area (Å²) in [6.45, 7) is 0. The third kappa shape index (κ3) is 9.05. The van der Waals surface area contributed by atoms with Crippen molar-refractivity contribution in [3.8, 4) is 0 Å². The van der Waals surface area contributed by atoms with Gasteiger partial charge in [0.05, 0.1) is 0 Å². The van der Waals surface area contributed by atoms with Gasteiger partial charge in [-0.05, 0) is 0 Å². The van der Waals surface area contributed by atoms with Crippen LogP contribution in [0.2, 0.25) is 0 Å². The van der Waals surface area contributed by atoms with Crippen LogP contribution >= 0.6 is 0 Å². The van der Waals surface area contributed by atoms with Crippen LogP contribution in [0, 0.1) is 19.6 Å². The molecular weight excluding hydrogens is 220 g/mol. The van der Waals surface area contributed by atoms with Crippen LogP contribution in [0.1, 0.15) is 0 Å². The van der Waals surface area contributed by atoms with Gasteiger partial charge in [-0.3, -0.25) is 0 Å². The van der Waals surface area contributed by atoms with Crippen LogP contribution in [0.3, 0.4) is 0 Å². The predicted octanol–water partition coefficient (Wildman–Crippen LogP) is 3.42. The van der Waals surface area contributed by atoms with E-state index in [-0.39, 0.29) is 24.5 Å². The van der Waals surface area contributed by atoms with Crippen molar-refractivity contribution >= 4 is 0 Å². The minimum absolute atomic E-state index is 0. The minimum atomic E-state index is 0. The summed E-state index contributed by atoms with van der Waals surface area (Å²) in [6, 6.07) is 25.0. The van der Waals surface area contributed by atoms with Crippen molar-refractivity contribution in [2.24, 2.45) is 0 Å². The summed E-state index contributed by atoms with van der Waals surface area (Å²) in [6.07, 6.45) is 0. The monoisotopic (exact) mass is 232 g/mol. The maximum atomic E-state index is 2.89. The van der Waals surface area contributed by atoms with Gasteiger partial charge in [0.25, 0.3) is 0 Å². The van der Waals surface area contributed by atoms with Crippen molar-refractivity contribution in [1.82, 2.24) is 0 Å². The molecule has 0 heterocycles. The van der Waals surface area contributed by atoms with E-state index >= 15 is 0 Å². The van der Waals surface area contributed by atoms with E-state index in [4.69, 9.17) is 0 Å². The van der Waals surface area contributed by atoms with Crippen LogP contribution in [-0.4, -0.2) is 0 Å². The van der Waals surface area contributed by atoms with E-state index < -0.39 is 0 Å². The Labute approximate surface area is 97.5 Å². The van der Waals surface area contributed by atoms with Gasteiger partial charge in [0.1, 0.15) is 0 Å². The topological polar surface area (TPSA) is 0 Å². The van der Waals surface area contributed by atoms with Crippen LogP contribution in [0.25, 0.3) is 0 Å². The minimum Gasteiger partial charge on any atom is -0.358 e. The van der Waals surface area contributed by atoms with Gasteiger partial charge >= 0.3 is 0 Å². The molecule has 79 valence electrons. The van der Waals surface area contributed by atoms with Gasteiger partial charge in [-0.2, -0.15) is 72.8 Å². The molecule has 0 aliphatic heterocycles. The van der Waals surface area contributed by atoms with Crippen molar-refractivity contribution in [1.29, 1.82) is 0 Å². The molecule has 1 radical (unpaired) electrons. The molecule has 1 heteroatoms. The number of benzene rings is 2. The second-order valence-corrected chi connectivity index (χ2v) is 2.15. The maximum absolute atomic E-state index is 2.89. The average molecular weight is 233 g/mol. The number of rotatable bonds is 0. The van der Waals surface area contributed by atoms with E-state index in [1.807, 2.05) is 60.7 Å². The Balaban J connectivity index is 0. The fourth-order valence-corrected chi connectivity index (χ4v) is 0.684. The van der Waals surface area contributed by atoms with Gasteiger partial charge < -0.3 is 7.43 Å². The summed E-state index contributed by atoms with van der Waals surface area (Å²) >= 11 is 0. The smallest absolute Gasteiger partial charge is 0 e. The molecule has 0 fully saturated rings. The molecule has 0 N–H and O–H groups in total. The molecule has 0 aliphatic rings. The molecule has 0 saturated carbocycles. The number of hydrogen-bond acceptors (Lipinski definition) is 0. The molecule has 2 aromatic rings. The van der Waals surface area contributed by atoms with Crippen molar-refractivity contribution in [2.75, 3.05) is 0 Å². The Bertz CT molecular complexity index is 181. The van der Waals surface area contributed by atoms with Crippen LogP contribution in [-0.2, 0) is 17.1 Å². The second-order valence-electron chi connectivity index (χ2n) is 2.15. The quantitative estimate of drug-likeness (QED) is 0.482. The fourth-order valence-electron chi connectivity index (χ4n) is 0.684. The Morgan fingerprint density at radius 3 is 0.857 bits per heavy atom. The van der Waals surface area contributed by atoms with E-state index in [2.05, 4.69) is 12.1 Å². The Morgan fingerprint density at radius 2 is 0.786 bits per heavy atom. The fraction of sp³-hybridized carbons (Fsp3) is 0. The molecule has 2 rings (SSSR count). The van der Waals surface area contributed by atoms with Gasteiger partial charge in [-0.25, -0.2) is 0 Å². The molecule has 0 spiro atoms. The van der Waals surface area contributed by atoms with Crippen molar-refractivity contribution in [2.45, 2.75) is 0 Å². The van der Waals surface area contributed by atoms with Gasteiger partial charge in [-0.1, -0.05) is 0 Å². The van der Waals surface area contributed by atoms with Crippen LogP contribution < -0.4 is 0 Å². The molecule has 0 unspecified atom stereocenters. The first-order valence-corrected chi connectivity index (χ1v) is 3.82. The van der Waals surface area contributed by atoms with Gasteiger partial charge in [-0.15, -0.1) is 0 Å². The third-order valence-electron chi connectivity index (χ3n) is 1.21. The van der Waals surface area contributed by atoms with Crippen molar-refractivity contribution in [3.05, 3.63) is 80.2 Å². The van der Waals surface area contributed by atoms with Gasteiger partial charge in [0.2, 0.25) is 0 Å². The first-order chi connectivity index (χ1) is 6.00. The molecule has 0 atom stereocenters. The molecule has 0 bridgehead atoms. The second kappa shape index (κ2) is 12.0. The van der Waals surface area contributed by atoms with E-state index in [1.165, 1.54) is 0 Å². The summed E-state index contributed by atoms with van der Waals surface area (Å²) in [5.41, 5.74) is 0. The molecule has 2 aromatic carbocycles. The largest absolute Gasteiger partial charge is 0.358 e. The first-order valence-electron chi connectivity index (χ1n) is 3.82. The predicted molar refractivity (Wildman–Crippen MR) is 57.0 cm³/mol. The van der Waals surface area contributed by atoms with Crippen LogP contribution in [0.4, 0.5) is 0 Å².